The number of nitrogen functional groups attached to an aromatic ring is 2. The van der Waals surface area contributed by atoms with Crippen molar-refractivity contribution in [3.63, 3.8) is 0 Å². The summed E-state index contributed by atoms with van der Waals surface area (Å²) in [5, 5.41) is 0. The molecule has 7 rings (SSSR count). The number of carbonyl (C=O) groups is 2. The van der Waals surface area contributed by atoms with Crippen LogP contribution in [0.3, 0.4) is 0 Å². The molecule has 2 aliphatic rings. The SMILES string of the molecule is Nc1ncn(C2CC(OC(=O)c3ccccc3)C(COP(=O)(O)OC3CC(n4cnc5c(=O)[nH]c(N)nc54)OC3COC(=O)c3ccccc3)O2)c(=O)n1. The van der Waals surface area contributed by atoms with Crippen LogP contribution in [0.5, 0.6) is 0 Å². The number of aromatic amines is 1. The summed E-state index contributed by atoms with van der Waals surface area (Å²) in [6.45, 7) is -1.06. The maximum atomic E-state index is 13.5. The van der Waals surface area contributed by atoms with Crippen LogP contribution in [0, 0.1) is 0 Å². The Hall–Kier alpha value is -5.83. The molecule has 5 heterocycles. The fourth-order valence-corrected chi connectivity index (χ4v) is 6.91. The number of H-pyrrole nitrogens is 1. The van der Waals surface area contributed by atoms with Gasteiger partial charge in [-0.25, -0.2) is 28.9 Å². The lowest BCUT2D eigenvalue weighted by molar-refractivity contribution is -0.0621. The molecule has 2 fully saturated rings. The Balaban J connectivity index is 1.08. The number of carbonyl (C=O) groups excluding carboxylic acids is 2. The van der Waals surface area contributed by atoms with Crippen molar-refractivity contribution < 1.29 is 47.0 Å². The number of imidazole rings is 1. The number of ether oxygens (including phenoxy) is 4. The van der Waals surface area contributed by atoms with E-state index in [1.807, 2.05) is 0 Å². The molecule has 0 saturated carbocycles. The predicted molar refractivity (Wildman–Crippen MR) is 183 cm³/mol. The highest BCUT2D eigenvalue weighted by atomic mass is 31.2. The van der Waals surface area contributed by atoms with Gasteiger partial charge >= 0.3 is 25.5 Å². The molecule has 2 saturated heterocycles. The zero-order valence-electron chi connectivity index (χ0n) is 27.9. The molecule has 0 radical (unpaired) electrons. The van der Waals surface area contributed by atoms with Gasteiger partial charge in [0.2, 0.25) is 11.9 Å². The Morgan fingerprint density at radius 1 is 0.852 bits per heavy atom. The molecule has 2 aliphatic heterocycles. The molecule has 5 aromatic rings. The molecule has 7 atom stereocenters. The first-order valence-corrected chi connectivity index (χ1v) is 17.8. The van der Waals surface area contributed by atoms with E-state index in [2.05, 4.69) is 24.9 Å². The molecule has 0 amide bonds. The van der Waals surface area contributed by atoms with Gasteiger partial charge in [0.15, 0.2) is 11.2 Å². The number of hydrogen-bond acceptors (Lipinski definition) is 17. The van der Waals surface area contributed by atoms with Crippen molar-refractivity contribution in [3.8, 4) is 0 Å². The first-order valence-electron chi connectivity index (χ1n) is 16.3. The third-order valence-electron chi connectivity index (χ3n) is 8.50. The molecule has 7 unspecified atom stereocenters. The van der Waals surface area contributed by atoms with Crippen LogP contribution in [0.15, 0.2) is 82.9 Å². The molecule has 282 valence electrons. The van der Waals surface area contributed by atoms with Crippen LogP contribution in [-0.4, -0.2) is 88.5 Å². The van der Waals surface area contributed by atoms with Crippen molar-refractivity contribution in [3.05, 3.63) is 105 Å². The van der Waals surface area contributed by atoms with E-state index in [-0.39, 0.29) is 47.0 Å². The highest BCUT2D eigenvalue weighted by Crippen LogP contribution is 2.49. The standard InChI is InChI=1S/C32H32N9O12P/c33-30-36-16-41(32(45)39-30)24-11-19(52-29(44)18-9-5-2-6-10-18)22(51-24)14-49-54(46,47)53-20-12-23(40-15-35-25-26(40)37-31(34)38-27(25)42)50-21(20)13-48-28(43)17-7-3-1-4-8-17/h1-10,15-16,19-24H,11-14H2,(H,46,47)(H2,33,39,45)(H3,34,37,38,42). The Kier molecular flexibility index (Phi) is 10.3. The second-order valence-corrected chi connectivity index (χ2v) is 13.5. The Bertz CT molecular complexity index is 2320. The minimum Gasteiger partial charge on any atom is -0.459 e. The number of nitrogens with one attached hydrogen (secondary N) is 1. The second kappa shape index (κ2) is 15.3. The normalized spacial score (nSPS) is 23.6. The zero-order chi connectivity index (χ0) is 38.0. The highest BCUT2D eigenvalue weighted by molar-refractivity contribution is 7.47. The van der Waals surface area contributed by atoms with Crippen LogP contribution in [0.4, 0.5) is 11.9 Å². The van der Waals surface area contributed by atoms with Crippen LogP contribution in [0.25, 0.3) is 11.2 Å². The molecular formula is C32H32N9O12P. The van der Waals surface area contributed by atoms with E-state index in [1.165, 1.54) is 23.0 Å². The molecular weight excluding hydrogens is 733 g/mol. The van der Waals surface area contributed by atoms with Gasteiger partial charge < -0.3 is 35.3 Å². The van der Waals surface area contributed by atoms with Crippen LogP contribution in [0.1, 0.15) is 46.0 Å². The van der Waals surface area contributed by atoms with Crippen LogP contribution in [-0.2, 0) is 32.6 Å². The predicted octanol–water partition coefficient (Wildman–Crippen LogP) is 1.10. The number of fused-ring (bicyclic) bond motifs is 1. The number of esters is 2. The lowest BCUT2D eigenvalue weighted by Gasteiger charge is -2.23. The second-order valence-electron chi connectivity index (χ2n) is 12.1. The number of nitrogens with two attached hydrogens (primary N) is 2. The monoisotopic (exact) mass is 765 g/mol. The largest absolute Gasteiger partial charge is 0.472 e. The third-order valence-corrected chi connectivity index (χ3v) is 9.52. The number of hydrogen-bond donors (Lipinski definition) is 4. The smallest absolute Gasteiger partial charge is 0.459 e. The lowest BCUT2D eigenvalue weighted by atomic mass is 10.1. The first kappa shape index (κ1) is 36.5. The van der Waals surface area contributed by atoms with E-state index in [4.69, 9.17) is 39.5 Å². The number of phosphoric ester groups is 1. The van der Waals surface area contributed by atoms with Gasteiger partial charge in [-0.3, -0.25) is 28.0 Å². The summed E-state index contributed by atoms with van der Waals surface area (Å²) in [4.78, 5) is 79.6. The molecule has 0 spiro atoms. The number of rotatable bonds is 12. The van der Waals surface area contributed by atoms with E-state index in [0.29, 0.717) is 0 Å². The van der Waals surface area contributed by atoms with Crippen molar-refractivity contribution in [2.45, 2.75) is 49.7 Å². The van der Waals surface area contributed by atoms with Crippen LogP contribution >= 0.6 is 7.82 Å². The average molecular weight is 766 g/mol. The molecule has 21 nitrogen and oxygen atoms in total. The van der Waals surface area contributed by atoms with Gasteiger partial charge in [0, 0.05) is 12.8 Å². The summed E-state index contributed by atoms with van der Waals surface area (Å²) in [5.74, 6) is -1.85. The maximum Gasteiger partial charge on any atom is 0.472 e. The van der Waals surface area contributed by atoms with Gasteiger partial charge in [-0.05, 0) is 24.3 Å². The number of anilines is 2. The first-order chi connectivity index (χ1) is 25.9. The quantitative estimate of drug-likeness (QED) is 0.102. The van der Waals surface area contributed by atoms with Crippen LogP contribution in [0.2, 0.25) is 0 Å². The Morgan fingerprint density at radius 2 is 1.46 bits per heavy atom. The summed E-state index contributed by atoms with van der Waals surface area (Å²) < 4.78 is 50.1. The molecule has 6 N–H and O–H groups in total. The number of phosphoric acid groups is 1. The molecule has 54 heavy (non-hydrogen) atoms. The third kappa shape index (κ3) is 8.05. The van der Waals surface area contributed by atoms with E-state index >= 15 is 0 Å². The molecule has 22 heteroatoms. The Labute approximate surface area is 303 Å². The fraction of sp³-hybridized carbons (Fsp3) is 0.312. The van der Waals surface area contributed by atoms with Crippen molar-refractivity contribution in [2.24, 2.45) is 0 Å². The molecule has 0 bridgehead atoms. The van der Waals surface area contributed by atoms with Crippen molar-refractivity contribution in [2.75, 3.05) is 24.7 Å². The Morgan fingerprint density at radius 3 is 2.15 bits per heavy atom. The van der Waals surface area contributed by atoms with Crippen molar-refractivity contribution in [1.82, 2.24) is 34.1 Å². The van der Waals surface area contributed by atoms with Gasteiger partial charge in [0.25, 0.3) is 5.56 Å². The van der Waals surface area contributed by atoms with Crippen molar-refractivity contribution in [1.29, 1.82) is 0 Å². The van der Waals surface area contributed by atoms with E-state index in [9.17, 15) is 28.6 Å². The van der Waals surface area contributed by atoms with Crippen LogP contribution < -0.4 is 22.7 Å². The topological polar surface area (TPSA) is 290 Å². The van der Waals surface area contributed by atoms with Crippen molar-refractivity contribution >= 4 is 42.8 Å². The molecule has 2 aromatic carbocycles. The summed E-state index contributed by atoms with van der Waals surface area (Å²) >= 11 is 0. The fourth-order valence-electron chi connectivity index (χ4n) is 5.95. The summed E-state index contributed by atoms with van der Waals surface area (Å²) in [5.41, 5.74) is 10.4. The van der Waals surface area contributed by atoms with Gasteiger partial charge in [-0.15, -0.1) is 0 Å². The van der Waals surface area contributed by atoms with Gasteiger partial charge in [0.05, 0.1) is 24.1 Å². The van der Waals surface area contributed by atoms with Gasteiger partial charge in [-0.2, -0.15) is 9.97 Å². The lowest BCUT2D eigenvalue weighted by Crippen LogP contribution is -2.32. The maximum absolute atomic E-state index is 13.5. The highest BCUT2D eigenvalue weighted by Gasteiger charge is 2.45. The zero-order valence-corrected chi connectivity index (χ0v) is 28.8. The number of benzene rings is 2. The number of aromatic nitrogens is 7. The van der Waals surface area contributed by atoms with Gasteiger partial charge in [-0.1, -0.05) is 36.4 Å². The number of nitrogens with zero attached hydrogens (tertiary/aromatic N) is 6. The van der Waals surface area contributed by atoms with E-state index in [0.717, 1.165) is 10.9 Å². The minimum absolute atomic E-state index is 0.0365. The summed E-state index contributed by atoms with van der Waals surface area (Å²) in [6.07, 6.45) is -4.48. The minimum atomic E-state index is -5.00. The molecule has 3 aromatic heterocycles. The summed E-state index contributed by atoms with van der Waals surface area (Å²) in [6, 6.07) is 16.2. The van der Waals surface area contributed by atoms with Gasteiger partial charge in [0.1, 0.15) is 49.8 Å². The van der Waals surface area contributed by atoms with E-state index < -0.39 is 81.1 Å². The van der Waals surface area contributed by atoms with E-state index in [1.54, 1.807) is 48.5 Å². The molecule has 0 aliphatic carbocycles. The summed E-state index contributed by atoms with van der Waals surface area (Å²) in [7, 11) is -5.00. The average Bonchev–Trinajstić information content (AvgIpc) is 3.87.